The zero-order chi connectivity index (χ0) is 34.6. The molecular formula is C36H37N3O8S. The molecule has 4 aromatic carbocycles. The van der Waals surface area contributed by atoms with E-state index < -0.39 is 17.1 Å². The molecule has 0 fully saturated rings. The van der Waals surface area contributed by atoms with Gasteiger partial charge in [0.15, 0.2) is 11.5 Å². The van der Waals surface area contributed by atoms with Gasteiger partial charge in [-0.15, -0.1) is 11.8 Å². The molecule has 4 rings (SSSR count). The van der Waals surface area contributed by atoms with Crippen LogP contribution in [-0.4, -0.2) is 58.5 Å². The van der Waals surface area contributed by atoms with E-state index in [0.717, 1.165) is 4.90 Å². The highest BCUT2D eigenvalue weighted by Crippen LogP contribution is 2.39. The summed E-state index contributed by atoms with van der Waals surface area (Å²) in [5.74, 6) is 1.02. The van der Waals surface area contributed by atoms with Crippen LogP contribution in [0.4, 0.5) is 11.4 Å². The molecule has 11 nitrogen and oxygen atoms in total. The predicted octanol–water partition coefficient (Wildman–Crippen LogP) is 6.26. The van der Waals surface area contributed by atoms with E-state index in [1.54, 1.807) is 99.0 Å². The lowest BCUT2D eigenvalue weighted by Crippen LogP contribution is -2.30. The van der Waals surface area contributed by atoms with Crippen LogP contribution in [0.3, 0.4) is 0 Å². The van der Waals surface area contributed by atoms with Crippen molar-refractivity contribution in [2.45, 2.75) is 17.1 Å². The number of nitrogens with one attached hydrogen (secondary N) is 3. The summed E-state index contributed by atoms with van der Waals surface area (Å²) in [4.78, 5) is 40.5. The van der Waals surface area contributed by atoms with Gasteiger partial charge in [0.05, 0.1) is 46.5 Å². The molecule has 4 aromatic rings. The molecule has 3 amide bonds. The molecule has 0 bridgehead atoms. The Morgan fingerprint density at radius 1 is 0.708 bits per heavy atom. The molecular weight excluding hydrogens is 634 g/mol. The molecule has 0 aliphatic rings. The van der Waals surface area contributed by atoms with Crippen LogP contribution in [0.25, 0.3) is 6.08 Å². The van der Waals surface area contributed by atoms with Crippen molar-refractivity contribution in [2.75, 3.05) is 46.2 Å². The van der Waals surface area contributed by atoms with E-state index in [-0.39, 0.29) is 11.6 Å². The number of carbonyl (C=O) groups excluding carboxylic acids is 3. The number of hydrogen-bond acceptors (Lipinski definition) is 9. The number of anilines is 2. The minimum Gasteiger partial charge on any atom is -0.497 e. The first-order valence-electron chi connectivity index (χ1n) is 14.7. The molecule has 12 heteroatoms. The zero-order valence-electron chi connectivity index (χ0n) is 27.4. The van der Waals surface area contributed by atoms with Gasteiger partial charge in [0.1, 0.15) is 17.2 Å². The monoisotopic (exact) mass is 671 g/mol. The number of carbonyl (C=O) groups is 3. The Morgan fingerprint density at radius 3 is 1.94 bits per heavy atom. The van der Waals surface area contributed by atoms with Crippen LogP contribution in [0.15, 0.2) is 95.5 Å². The molecule has 0 aromatic heterocycles. The van der Waals surface area contributed by atoms with Crippen molar-refractivity contribution in [3.8, 4) is 28.7 Å². The Kier molecular flexibility index (Phi) is 12.3. The molecule has 1 atom stereocenters. The Labute approximate surface area is 283 Å². The highest BCUT2D eigenvalue weighted by atomic mass is 32.2. The lowest BCUT2D eigenvalue weighted by atomic mass is 10.1. The quantitative estimate of drug-likeness (QED) is 0.105. The maximum Gasteiger partial charge on any atom is 0.272 e. The largest absolute Gasteiger partial charge is 0.497 e. The number of amides is 3. The third-order valence-electron chi connectivity index (χ3n) is 6.99. The van der Waals surface area contributed by atoms with Gasteiger partial charge in [0, 0.05) is 22.2 Å². The summed E-state index contributed by atoms with van der Waals surface area (Å²) < 4.78 is 26.9. The van der Waals surface area contributed by atoms with Crippen molar-refractivity contribution in [3.05, 3.63) is 102 Å². The number of benzene rings is 4. The number of methoxy groups -OCH3 is 5. The van der Waals surface area contributed by atoms with Gasteiger partial charge in [-0.2, -0.15) is 0 Å². The second-order valence-electron chi connectivity index (χ2n) is 10.1. The van der Waals surface area contributed by atoms with Crippen molar-refractivity contribution in [1.82, 2.24) is 5.32 Å². The second kappa shape index (κ2) is 16.8. The lowest BCUT2D eigenvalue weighted by Gasteiger charge is -2.16. The Bertz CT molecular complexity index is 1750. The molecule has 0 radical (unpaired) electrons. The normalized spacial score (nSPS) is 11.5. The number of thioether (sulfide) groups is 1. The van der Waals surface area contributed by atoms with E-state index in [1.807, 2.05) is 0 Å². The summed E-state index contributed by atoms with van der Waals surface area (Å²) in [6, 6.07) is 24.1. The molecule has 3 N–H and O–H groups in total. The van der Waals surface area contributed by atoms with Crippen LogP contribution >= 0.6 is 11.8 Å². The average Bonchev–Trinajstić information content (AvgIpc) is 3.11. The van der Waals surface area contributed by atoms with Crippen LogP contribution < -0.4 is 39.6 Å². The van der Waals surface area contributed by atoms with Crippen LogP contribution in [0.1, 0.15) is 22.8 Å². The Morgan fingerprint density at radius 2 is 1.35 bits per heavy atom. The molecule has 0 heterocycles. The first-order valence-corrected chi connectivity index (χ1v) is 15.6. The van der Waals surface area contributed by atoms with E-state index in [2.05, 4.69) is 16.0 Å². The minimum atomic E-state index is -0.562. The van der Waals surface area contributed by atoms with E-state index in [1.165, 1.54) is 46.3 Å². The number of hydrogen-bond donors (Lipinski definition) is 3. The topological polar surface area (TPSA) is 133 Å². The van der Waals surface area contributed by atoms with Gasteiger partial charge in [-0.3, -0.25) is 14.4 Å². The first-order chi connectivity index (χ1) is 23.2. The van der Waals surface area contributed by atoms with Crippen molar-refractivity contribution in [3.63, 3.8) is 0 Å². The molecule has 0 spiro atoms. The molecule has 1 unspecified atom stereocenters. The summed E-state index contributed by atoms with van der Waals surface area (Å²) in [5, 5.41) is 7.99. The van der Waals surface area contributed by atoms with Crippen molar-refractivity contribution < 1.29 is 38.1 Å². The van der Waals surface area contributed by atoms with Crippen LogP contribution in [0, 0.1) is 0 Å². The highest BCUT2D eigenvalue weighted by molar-refractivity contribution is 8.00. The fourth-order valence-electron chi connectivity index (χ4n) is 4.51. The van der Waals surface area contributed by atoms with Crippen LogP contribution in [0.5, 0.6) is 28.7 Å². The molecule has 0 saturated carbocycles. The summed E-state index contributed by atoms with van der Waals surface area (Å²) in [5.41, 5.74) is 1.86. The minimum absolute atomic E-state index is 0.0187. The van der Waals surface area contributed by atoms with Crippen LogP contribution in [0.2, 0.25) is 0 Å². The Balaban J connectivity index is 1.51. The van der Waals surface area contributed by atoms with Crippen LogP contribution in [-0.2, 0) is 9.59 Å². The van der Waals surface area contributed by atoms with Gasteiger partial charge in [-0.25, -0.2) is 0 Å². The van der Waals surface area contributed by atoms with Gasteiger partial charge in [0.2, 0.25) is 11.7 Å². The summed E-state index contributed by atoms with van der Waals surface area (Å²) in [6.07, 6.45) is 1.52. The molecule has 48 heavy (non-hydrogen) atoms. The Hall–Kier alpha value is -5.62. The van der Waals surface area contributed by atoms with Crippen molar-refractivity contribution in [1.29, 1.82) is 0 Å². The van der Waals surface area contributed by atoms with Crippen molar-refractivity contribution in [2.24, 2.45) is 0 Å². The third-order valence-corrected chi connectivity index (χ3v) is 8.10. The first kappa shape index (κ1) is 35.2. The zero-order valence-corrected chi connectivity index (χ0v) is 28.2. The summed E-state index contributed by atoms with van der Waals surface area (Å²) in [7, 11) is 7.55. The molecule has 0 aliphatic carbocycles. The molecule has 250 valence electrons. The second-order valence-corrected chi connectivity index (χ2v) is 11.5. The summed E-state index contributed by atoms with van der Waals surface area (Å²) >= 11 is 1.35. The van der Waals surface area contributed by atoms with E-state index in [4.69, 9.17) is 23.7 Å². The van der Waals surface area contributed by atoms with E-state index in [9.17, 15) is 14.4 Å². The maximum absolute atomic E-state index is 13.6. The molecule has 0 aliphatic heterocycles. The van der Waals surface area contributed by atoms with E-state index in [0.29, 0.717) is 51.2 Å². The molecule has 0 saturated heterocycles. The maximum atomic E-state index is 13.6. The third kappa shape index (κ3) is 9.01. The summed E-state index contributed by atoms with van der Waals surface area (Å²) in [6.45, 7) is 1.79. The lowest BCUT2D eigenvalue weighted by molar-refractivity contribution is -0.115. The standard InChI is InChI=1S/C36H37N3O8S/c1-22(34(40)38-28-21-26(43-2)14-17-30(28)44-3)48-27-15-12-25(13-16-27)37-36(42)29(39-35(41)24-10-8-7-9-11-24)18-23-19-31(45-4)33(47-6)32(20-23)46-5/h7-22H,1-6H3,(H,37,42)(H,38,40)(H,39,41)/b29-18-. The van der Waals surface area contributed by atoms with Gasteiger partial charge < -0.3 is 39.6 Å². The fourth-order valence-corrected chi connectivity index (χ4v) is 5.38. The van der Waals surface area contributed by atoms with Gasteiger partial charge >= 0.3 is 0 Å². The van der Waals surface area contributed by atoms with Crippen molar-refractivity contribution >= 4 is 46.9 Å². The average molecular weight is 672 g/mol. The number of ether oxygens (including phenoxy) is 5. The van der Waals surface area contributed by atoms with E-state index >= 15 is 0 Å². The van der Waals surface area contributed by atoms with Gasteiger partial charge in [-0.05, 0) is 79.2 Å². The predicted molar refractivity (Wildman–Crippen MR) is 187 cm³/mol. The SMILES string of the molecule is COc1ccc(OC)c(NC(=O)C(C)Sc2ccc(NC(=O)/C(=C/c3cc(OC)c(OC)c(OC)c3)NC(=O)c3ccccc3)cc2)c1. The smallest absolute Gasteiger partial charge is 0.272 e. The van der Waals surface area contributed by atoms with Gasteiger partial charge in [0.25, 0.3) is 11.8 Å². The highest BCUT2D eigenvalue weighted by Gasteiger charge is 2.19. The number of rotatable bonds is 14. The fraction of sp³-hybridized carbons (Fsp3) is 0.194. The van der Waals surface area contributed by atoms with Gasteiger partial charge in [-0.1, -0.05) is 18.2 Å².